The minimum absolute atomic E-state index is 0.265. The molecule has 0 fully saturated rings. The Balaban J connectivity index is 2.24. The molecule has 0 aliphatic heterocycles. The third-order valence-electron chi connectivity index (χ3n) is 2.77. The van der Waals surface area contributed by atoms with Crippen LogP contribution in [0.5, 0.6) is 0 Å². The van der Waals surface area contributed by atoms with Crippen LogP contribution in [0, 0.1) is 0 Å². The van der Waals surface area contributed by atoms with Crippen molar-refractivity contribution < 1.29 is 0 Å². The highest BCUT2D eigenvalue weighted by atomic mass is 15.2. The minimum Gasteiger partial charge on any atom is -0.373 e. The first kappa shape index (κ1) is 13.1. The number of hydrogen-bond acceptors (Lipinski definition) is 6. The molecule has 0 radical (unpaired) electrons. The molecule has 0 spiro atoms. The standard InChI is InChI=1S/C13H18N6/c1-3-19(9-10-6-4-5-7-16-10)12-8-11(15-2)17-13(14)18-12/h4-8H,3,9H2,1-2H3,(H3,14,15,17,18). The van der Waals surface area contributed by atoms with E-state index in [1.807, 2.05) is 24.3 Å². The minimum atomic E-state index is 0.265. The van der Waals surface area contributed by atoms with Gasteiger partial charge in [0.1, 0.15) is 11.6 Å². The maximum atomic E-state index is 5.72. The van der Waals surface area contributed by atoms with Crippen molar-refractivity contribution in [2.24, 2.45) is 0 Å². The summed E-state index contributed by atoms with van der Waals surface area (Å²) >= 11 is 0. The second-order valence-electron chi connectivity index (χ2n) is 4.05. The molecule has 0 amide bonds. The summed E-state index contributed by atoms with van der Waals surface area (Å²) in [5.74, 6) is 1.77. The Morgan fingerprint density at radius 2 is 2.16 bits per heavy atom. The molecule has 2 aromatic heterocycles. The Hall–Kier alpha value is -2.37. The quantitative estimate of drug-likeness (QED) is 0.846. The van der Waals surface area contributed by atoms with Crippen molar-refractivity contribution in [3.8, 4) is 0 Å². The van der Waals surface area contributed by atoms with Crippen molar-refractivity contribution in [3.63, 3.8) is 0 Å². The zero-order chi connectivity index (χ0) is 13.7. The predicted octanol–water partition coefficient (Wildman–Crippen LogP) is 1.52. The number of nitrogens with one attached hydrogen (secondary N) is 1. The highest BCUT2D eigenvalue weighted by Gasteiger charge is 2.10. The molecule has 2 heterocycles. The maximum absolute atomic E-state index is 5.72. The highest BCUT2D eigenvalue weighted by molar-refractivity contribution is 5.52. The van der Waals surface area contributed by atoms with E-state index in [1.165, 1.54) is 0 Å². The van der Waals surface area contributed by atoms with E-state index in [0.717, 1.165) is 18.1 Å². The van der Waals surface area contributed by atoms with Crippen LogP contribution in [0.1, 0.15) is 12.6 Å². The fraction of sp³-hybridized carbons (Fsp3) is 0.308. The van der Waals surface area contributed by atoms with Crippen molar-refractivity contribution in [1.82, 2.24) is 15.0 Å². The van der Waals surface area contributed by atoms with Gasteiger partial charge in [-0.15, -0.1) is 0 Å². The lowest BCUT2D eigenvalue weighted by molar-refractivity contribution is 0.792. The monoisotopic (exact) mass is 258 g/mol. The lowest BCUT2D eigenvalue weighted by Crippen LogP contribution is -2.24. The van der Waals surface area contributed by atoms with Crippen LogP contribution in [0.15, 0.2) is 30.5 Å². The molecule has 0 unspecified atom stereocenters. The Labute approximate surface area is 112 Å². The average molecular weight is 258 g/mol. The van der Waals surface area contributed by atoms with Gasteiger partial charge in [0.25, 0.3) is 0 Å². The van der Waals surface area contributed by atoms with Crippen LogP contribution in [0.2, 0.25) is 0 Å². The van der Waals surface area contributed by atoms with Crippen LogP contribution >= 0.6 is 0 Å². The summed E-state index contributed by atoms with van der Waals surface area (Å²) in [4.78, 5) is 14.8. The average Bonchev–Trinajstić information content (AvgIpc) is 2.45. The van der Waals surface area contributed by atoms with Gasteiger partial charge in [-0.2, -0.15) is 9.97 Å². The van der Waals surface area contributed by atoms with Crippen LogP contribution in [-0.2, 0) is 6.54 Å². The van der Waals surface area contributed by atoms with E-state index in [4.69, 9.17) is 5.73 Å². The predicted molar refractivity (Wildman–Crippen MR) is 77.0 cm³/mol. The van der Waals surface area contributed by atoms with Crippen LogP contribution in [0.25, 0.3) is 0 Å². The Kier molecular flexibility index (Phi) is 4.12. The van der Waals surface area contributed by atoms with E-state index in [-0.39, 0.29) is 5.95 Å². The van der Waals surface area contributed by atoms with Gasteiger partial charge in [0, 0.05) is 25.9 Å². The Bertz CT molecular complexity index is 528. The van der Waals surface area contributed by atoms with Crippen LogP contribution < -0.4 is 16.0 Å². The van der Waals surface area contributed by atoms with Gasteiger partial charge in [0.05, 0.1) is 12.2 Å². The summed E-state index contributed by atoms with van der Waals surface area (Å²) in [5, 5.41) is 2.98. The van der Waals surface area contributed by atoms with E-state index in [0.29, 0.717) is 12.4 Å². The molecule has 100 valence electrons. The molecule has 0 saturated heterocycles. The first-order valence-corrected chi connectivity index (χ1v) is 6.20. The second kappa shape index (κ2) is 5.99. The first-order chi connectivity index (χ1) is 9.22. The molecule has 19 heavy (non-hydrogen) atoms. The summed E-state index contributed by atoms with van der Waals surface area (Å²) in [6, 6.07) is 7.75. The third-order valence-corrected chi connectivity index (χ3v) is 2.77. The van der Waals surface area contributed by atoms with Crippen molar-refractivity contribution in [2.45, 2.75) is 13.5 Å². The van der Waals surface area contributed by atoms with Crippen molar-refractivity contribution in [1.29, 1.82) is 0 Å². The van der Waals surface area contributed by atoms with Crippen LogP contribution in [-0.4, -0.2) is 28.5 Å². The van der Waals surface area contributed by atoms with Gasteiger partial charge in [-0.05, 0) is 19.1 Å². The van der Waals surface area contributed by atoms with Crippen molar-refractivity contribution >= 4 is 17.6 Å². The van der Waals surface area contributed by atoms with Gasteiger partial charge in [-0.1, -0.05) is 6.07 Å². The fourth-order valence-electron chi connectivity index (χ4n) is 1.78. The number of pyridine rings is 1. The molecule has 2 aromatic rings. The number of aromatic nitrogens is 3. The number of nitrogens with two attached hydrogens (primary N) is 1. The molecule has 6 heteroatoms. The molecular weight excluding hydrogens is 240 g/mol. The van der Waals surface area contributed by atoms with Gasteiger partial charge >= 0.3 is 0 Å². The van der Waals surface area contributed by atoms with Crippen molar-refractivity contribution in [3.05, 3.63) is 36.2 Å². The molecular formula is C13H18N6. The molecule has 0 atom stereocenters. The zero-order valence-corrected chi connectivity index (χ0v) is 11.2. The van der Waals surface area contributed by atoms with E-state index in [9.17, 15) is 0 Å². The largest absolute Gasteiger partial charge is 0.373 e. The van der Waals surface area contributed by atoms with E-state index >= 15 is 0 Å². The molecule has 2 rings (SSSR count). The smallest absolute Gasteiger partial charge is 0.223 e. The number of anilines is 3. The molecule has 0 aliphatic carbocycles. The van der Waals surface area contributed by atoms with Crippen molar-refractivity contribution in [2.75, 3.05) is 29.5 Å². The lowest BCUT2D eigenvalue weighted by atomic mass is 10.3. The topological polar surface area (TPSA) is 80.0 Å². The maximum Gasteiger partial charge on any atom is 0.223 e. The molecule has 0 saturated carbocycles. The third kappa shape index (κ3) is 3.31. The van der Waals surface area contributed by atoms with E-state index in [1.54, 1.807) is 13.2 Å². The highest BCUT2D eigenvalue weighted by Crippen LogP contribution is 2.18. The molecule has 6 nitrogen and oxygen atoms in total. The number of hydrogen-bond donors (Lipinski definition) is 2. The summed E-state index contributed by atoms with van der Waals surface area (Å²) in [6.07, 6.45) is 1.79. The van der Waals surface area contributed by atoms with E-state index < -0.39 is 0 Å². The van der Waals surface area contributed by atoms with Gasteiger partial charge < -0.3 is 16.0 Å². The number of nitrogen functional groups attached to an aromatic ring is 1. The Morgan fingerprint density at radius 1 is 1.32 bits per heavy atom. The molecule has 3 N–H and O–H groups in total. The molecule has 0 aliphatic rings. The van der Waals surface area contributed by atoms with Gasteiger partial charge in [0.15, 0.2) is 0 Å². The van der Waals surface area contributed by atoms with Gasteiger partial charge in [-0.25, -0.2) is 0 Å². The summed E-state index contributed by atoms with van der Waals surface area (Å²) < 4.78 is 0. The van der Waals surface area contributed by atoms with E-state index in [2.05, 4.69) is 32.1 Å². The van der Waals surface area contributed by atoms with Gasteiger partial charge in [0.2, 0.25) is 5.95 Å². The first-order valence-electron chi connectivity index (χ1n) is 6.20. The Morgan fingerprint density at radius 3 is 2.79 bits per heavy atom. The SMILES string of the molecule is CCN(Cc1ccccn1)c1cc(NC)nc(N)n1. The second-order valence-corrected chi connectivity index (χ2v) is 4.05. The van der Waals surface area contributed by atoms with Crippen LogP contribution in [0.3, 0.4) is 0 Å². The summed E-state index contributed by atoms with van der Waals surface area (Å²) in [5.41, 5.74) is 6.71. The van der Waals surface area contributed by atoms with Gasteiger partial charge in [-0.3, -0.25) is 4.98 Å². The summed E-state index contributed by atoms with van der Waals surface area (Å²) in [7, 11) is 1.81. The lowest BCUT2D eigenvalue weighted by Gasteiger charge is -2.22. The number of nitrogens with zero attached hydrogens (tertiary/aromatic N) is 4. The molecule has 0 aromatic carbocycles. The fourth-order valence-corrected chi connectivity index (χ4v) is 1.78. The normalized spacial score (nSPS) is 10.2. The molecule has 0 bridgehead atoms. The zero-order valence-electron chi connectivity index (χ0n) is 11.2. The summed E-state index contributed by atoms with van der Waals surface area (Å²) in [6.45, 7) is 3.58. The number of rotatable bonds is 5. The van der Waals surface area contributed by atoms with Crippen LogP contribution in [0.4, 0.5) is 17.6 Å².